The predicted octanol–water partition coefficient (Wildman–Crippen LogP) is 1.83. The molecule has 5 heteroatoms. The minimum Gasteiger partial charge on any atom is -0.464 e. The zero-order valence-electron chi connectivity index (χ0n) is 12.4. The maximum Gasteiger partial charge on any atom is 0.356 e. The molecule has 1 aliphatic heterocycles. The van der Waals surface area contributed by atoms with E-state index in [0.29, 0.717) is 17.8 Å². The number of methoxy groups -OCH3 is 1. The molecule has 1 aliphatic rings. The molecule has 0 aromatic carbocycles. The van der Waals surface area contributed by atoms with Gasteiger partial charge in [0.15, 0.2) is 0 Å². The van der Waals surface area contributed by atoms with Crippen LogP contribution in [0.15, 0.2) is 18.3 Å². The number of carbonyl (C=O) groups excluding carboxylic acids is 1. The van der Waals surface area contributed by atoms with Crippen LogP contribution in [0.5, 0.6) is 0 Å². The Bertz CT molecular complexity index is 464. The molecule has 2 heterocycles. The van der Waals surface area contributed by atoms with Gasteiger partial charge in [0.2, 0.25) is 0 Å². The first-order valence-corrected chi connectivity index (χ1v) is 7.24. The predicted molar refractivity (Wildman–Crippen MR) is 79.1 cm³/mol. The number of nitrogens with one attached hydrogen (secondary N) is 1. The lowest BCUT2D eigenvalue weighted by Crippen LogP contribution is -2.56. The van der Waals surface area contributed by atoms with Gasteiger partial charge in [0.1, 0.15) is 5.69 Å². The number of hydrogen-bond donors (Lipinski definition) is 1. The van der Waals surface area contributed by atoms with Gasteiger partial charge >= 0.3 is 5.97 Å². The van der Waals surface area contributed by atoms with E-state index in [1.54, 1.807) is 6.20 Å². The van der Waals surface area contributed by atoms with Crippen LogP contribution in [0, 0.1) is 0 Å². The molecule has 1 aromatic rings. The van der Waals surface area contributed by atoms with Crippen molar-refractivity contribution in [3.8, 4) is 0 Å². The Morgan fingerprint density at radius 3 is 2.95 bits per heavy atom. The van der Waals surface area contributed by atoms with Crippen molar-refractivity contribution in [2.45, 2.75) is 38.8 Å². The molecule has 0 amide bonds. The number of anilines is 1. The third kappa shape index (κ3) is 3.10. The molecule has 2 unspecified atom stereocenters. The van der Waals surface area contributed by atoms with E-state index in [-0.39, 0.29) is 5.97 Å². The molecule has 1 fully saturated rings. The third-order valence-corrected chi connectivity index (χ3v) is 3.93. The van der Waals surface area contributed by atoms with Crippen molar-refractivity contribution in [3.63, 3.8) is 0 Å². The van der Waals surface area contributed by atoms with Gasteiger partial charge in [0, 0.05) is 37.1 Å². The molecule has 0 radical (unpaired) electrons. The van der Waals surface area contributed by atoms with Gasteiger partial charge in [-0.2, -0.15) is 0 Å². The maximum absolute atomic E-state index is 11.6. The van der Waals surface area contributed by atoms with Gasteiger partial charge in [-0.05, 0) is 25.0 Å². The first kappa shape index (κ1) is 14.8. The highest BCUT2D eigenvalue weighted by Crippen LogP contribution is 2.22. The van der Waals surface area contributed by atoms with Crippen LogP contribution in [0.3, 0.4) is 0 Å². The molecule has 2 rings (SSSR count). The normalized spacial score (nSPS) is 22.6. The largest absolute Gasteiger partial charge is 0.464 e. The molecular weight excluding hydrogens is 254 g/mol. The van der Waals surface area contributed by atoms with Crippen molar-refractivity contribution in [1.29, 1.82) is 0 Å². The second kappa shape index (κ2) is 6.70. The maximum atomic E-state index is 11.6. The summed E-state index contributed by atoms with van der Waals surface area (Å²) in [5.41, 5.74) is 1.42. The minimum absolute atomic E-state index is 0.367. The zero-order chi connectivity index (χ0) is 14.5. The monoisotopic (exact) mass is 277 g/mol. The third-order valence-electron chi connectivity index (χ3n) is 3.93. The highest BCUT2D eigenvalue weighted by molar-refractivity contribution is 5.88. The lowest BCUT2D eigenvalue weighted by atomic mass is 10.0. The van der Waals surface area contributed by atoms with Crippen LogP contribution in [-0.4, -0.2) is 43.2 Å². The summed E-state index contributed by atoms with van der Waals surface area (Å²) in [6.45, 7) is 6.31. The van der Waals surface area contributed by atoms with Crippen molar-refractivity contribution in [3.05, 3.63) is 24.0 Å². The second-order valence-corrected chi connectivity index (χ2v) is 5.12. The number of aromatic nitrogens is 1. The van der Waals surface area contributed by atoms with Crippen LogP contribution < -0.4 is 10.2 Å². The highest BCUT2D eigenvalue weighted by Gasteiger charge is 2.26. The van der Waals surface area contributed by atoms with Crippen LogP contribution in [0.1, 0.15) is 37.2 Å². The molecule has 20 heavy (non-hydrogen) atoms. The Morgan fingerprint density at radius 2 is 2.30 bits per heavy atom. The number of nitrogens with zero attached hydrogens (tertiary/aromatic N) is 2. The summed E-state index contributed by atoms with van der Waals surface area (Å²) in [4.78, 5) is 18.1. The van der Waals surface area contributed by atoms with Crippen LogP contribution in [-0.2, 0) is 4.74 Å². The van der Waals surface area contributed by atoms with Crippen molar-refractivity contribution in [1.82, 2.24) is 10.3 Å². The fourth-order valence-corrected chi connectivity index (χ4v) is 2.63. The van der Waals surface area contributed by atoms with E-state index >= 15 is 0 Å². The van der Waals surface area contributed by atoms with Crippen LogP contribution >= 0.6 is 0 Å². The Labute approximate surface area is 120 Å². The fourth-order valence-electron chi connectivity index (χ4n) is 2.63. The van der Waals surface area contributed by atoms with Crippen molar-refractivity contribution >= 4 is 11.7 Å². The number of piperazine rings is 1. The Hall–Kier alpha value is -1.62. The lowest BCUT2D eigenvalue weighted by Gasteiger charge is -2.41. The minimum atomic E-state index is -0.387. The summed E-state index contributed by atoms with van der Waals surface area (Å²) < 4.78 is 4.74. The highest BCUT2D eigenvalue weighted by atomic mass is 16.5. The van der Waals surface area contributed by atoms with Crippen molar-refractivity contribution in [2.24, 2.45) is 0 Å². The van der Waals surface area contributed by atoms with Crippen LogP contribution in [0.4, 0.5) is 5.69 Å². The summed E-state index contributed by atoms with van der Waals surface area (Å²) in [6, 6.07) is 4.73. The van der Waals surface area contributed by atoms with Gasteiger partial charge in [-0.25, -0.2) is 9.78 Å². The van der Waals surface area contributed by atoms with E-state index in [0.717, 1.165) is 31.6 Å². The van der Waals surface area contributed by atoms with Crippen molar-refractivity contribution in [2.75, 3.05) is 25.1 Å². The Morgan fingerprint density at radius 1 is 1.50 bits per heavy atom. The molecule has 0 aliphatic carbocycles. The summed E-state index contributed by atoms with van der Waals surface area (Å²) in [6.07, 6.45) is 3.85. The quantitative estimate of drug-likeness (QED) is 0.851. The van der Waals surface area contributed by atoms with E-state index < -0.39 is 0 Å². The van der Waals surface area contributed by atoms with Gasteiger partial charge < -0.3 is 15.0 Å². The first-order valence-electron chi connectivity index (χ1n) is 7.24. The molecular formula is C15H23N3O2. The number of pyridine rings is 1. The summed E-state index contributed by atoms with van der Waals surface area (Å²) >= 11 is 0. The van der Waals surface area contributed by atoms with Gasteiger partial charge in [-0.3, -0.25) is 0 Å². The van der Waals surface area contributed by atoms with E-state index in [9.17, 15) is 4.79 Å². The van der Waals surface area contributed by atoms with E-state index in [2.05, 4.69) is 29.0 Å². The Balaban J connectivity index is 2.25. The smallest absolute Gasteiger partial charge is 0.356 e. The molecule has 0 spiro atoms. The number of rotatable bonds is 4. The van der Waals surface area contributed by atoms with Crippen LogP contribution in [0.25, 0.3) is 0 Å². The van der Waals surface area contributed by atoms with Gasteiger partial charge in [-0.15, -0.1) is 0 Å². The fraction of sp³-hybridized carbons (Fsp3) is 0.600. The SMILES string of the molecule is CCC1CN(c2ccnc(C(=O)OC)c2)C(CC)CN1. The molecule has 2 atom stereocenters. The number of hydrogen-bond acceptors (Lipinski definition) is 5. The summed E-state index contributed by atoms with van der Waals surface area (Å²) in [7, 11) is 1.38. The molecule has 5 nitrogen and oxygen atoms in total. The number of carbonyl (C=O) groups is 1. The zero-order valence-corrected chi connectivity index (χ0v) is 12.4. The summed E-state index contributed by atoms with van der Waals surface area (Å²) in [5.74, 6) is -0.387. The molecule has 1 N–H and O–H groups in total. The van der Waals surface area contributed by atoms with Gasteiger partial charge in [0.25, 0.3) is 0 Å². The summed E-state index contributed by atoms with van der Waals surface area (Å²) in [5, 5.41) is 3.57. The van der Waals surface area contributed by atoms with Crippen molar-refractivity contribution < 1.29 is 9.53 Å². The first-order chi connectivity index (χ1) is 9.69. The lowest BCUT2D eigenvalue weighted by molar-refractivity contribution is 0.0594. The van der Waals surface area contributed by atoms with E-state index in [1.807, 2.05) is 12.1 Å². The second-order valence-electron chi connectivity index (χ2n) is 5.12. The van der Waals surface area contributed by atoms with Gasteiger partial charge in [-0.1, -0.05) is 13.8 Å². The average Bonchev–Trinajstić information content (AvgIpc) is 2.53. The van der Waals surface area contributed by atoms with Gasteiger partial charge in [0.05, 0.1) is 7.11 Å². The molecule has 110 valence electrons. The van der Waals surface area contributed by atoms with E-state index in [1.165, 1.54) is 7.11 Å². The number of esters is 1. The van der Waals surface area contributed by atoms with Crippen LogP contribution in [0.2, 0.25) is 0 Å². The number of ether oxygens (including phenoxy) is 1. The topological polar surface area (TPSA) is 54.5 Å². The molecule has 1 aromatic heterocycles. The van der Waals surface area contributed by atoms with E-state index in [4.69, 9.17) is 4.74 Å². The Kier molecular flexibility index (Phi) is 4.95. The standard InChI is InChI=1S/C15H23N3O2/c1-4-11-10-18(12(5-2)9-17-11)13-6-7-16-14(8-13)15(19)20-3/h6-8,11-12,17H,4-5,9-10H2,1-3H3. The average molecular weight is 277 g/mol. The molecule has 0 saturated carbocycles. The molecule has 0 bridgehead atoms. The molecule has 1 saturated heterocycles.